The van der Waals surface area contributed by atoms with Crippen LogP contribution in [0.1, 0.15) is 5.56 Å². The third-order valence-electron chi connectivity index (χ3n) is 3.39. The molecule has 0 aromatic heterocycles. The zero-order valence-electron chi connectivity index (χ0n) is 10.5. The van der Waals surface area contributed by atoms with Crippen molar-refractivity contribution >= 4 is 23.2 Å². The fraction of sp³-hybridized carbons (Fsp3) is 0.462. The van der Waals surface area contributed by atoms with Crippen LogP contribution in [0.2, 0.25) is 5.02 Å². The number of anilines is 1. The van der Waals surface area contributed by atoms with E-state index in [1.165, 1.54) is 0 Å². The van der Waals surface area contributed by atoms with Crippen molar-refractivity contribution in [3.8, 4) is 0 Å². The van der Waals surface area contributed by atoms with Crippen LogP contribution in [0, 0.1) is 6.92 Å². The summed E-state index contributed by atoms with van der Waals surface area (Å²) in [5, 5.41) is 0.785. The first-order chi connectivity index (χ1) is 8.63. The first-order valence-corrected chi connectivity index (χ1v) is 6.49. The second-order valence-electron chi connectivity index (χ2n) is 4.46. The van der Waals surface area contributed by atoms with Crippen molar-refractivity contribution in [2.45, 2.75) is 6.92 Å². The van der Waals surface area contributed by atoms with E-state index in [0.717, 1.165) is 42.5 Å². The Balaban J connectivity index is 2.06. The molecule has 98 valence electrons. The average molecular weight is 268 g/mol. The van der Waals surface area contributed by atoms with Gasteiger partial charge in [0, 0.05) is 36.9 Å². The van der Waals surface area contributed by atoms with E-state index in [1.54, 1.807) is 0 Å². The molecule has 0 bridgehead atoms. The van der Waals surface area contributed by atoms with Crippen LogP contribution >= 0.6 is 11.6 Å². The molecule has 1 aromatic rings. The highest BCUT2D eigenvalue weighted by Gasteiger charge is 2.21. The van der Waals surface area contributed by atoms with Crippen molar-refractivity contribution in [3.63, 3.8) is 0 Å². The van der Waals surface area contributed by atoms with Crippen LogP contribution in [0.15, 0.2) is 18.2 Å². The minimum Gasteiger partial charge on any atom is -0.368 e. The van der Waals surface area contributed by atoms with Gasteiger partial charge in [0.1, 0.15) is 0 Å². The second kappa shape index (κ2) is 5.59. The lowest BCUT2D eigenvalue weighted by atomic mass is 10.1. The molecule has 1 heterocycles. The summed E-state index contributed by atoms with van der Waals surface area (Å²) in [4.78, 5) is 15.6. The maximum Gasteiger partial charge on any atom is 0.236 e. The van der Waals surface area contributed by atoms with Gasteiger partial charge < -0.3 is 15.5 Å². The van der Waals surface area contributed by atoms with Gasteiger partial charge in [0.05, 0.1) is 6.54 Å². The quantitative estimate of drug-likeness (QED) is 0.878. The predicted octanol–water partition coefficient (Wildman–Crippen LogP) is 1.26. The van der Waals surface area contributed by atoms with Crippen LogP contribution in [-0.2, 0) is 4.79 Å². The maximum absolute atomic E-state index is 11.5. The van der Waals surface area contributed by atoms with Gasteiger partial charge in [-0.3, -0.25) is 4.79 Å². The van der Waals surface area contributed by atoms with Crippen LogP contribution in [0.4, 0.5) is 5.69 Å². The van der Waals surface area contributed by atoms with E-state index in [9.17, 15) is 4.79 Å². The Morgan fingerprint density at radius 1 is 1.33 bits per heavy atom. The van der Waals surface area contributed by atoms with Crippen LogP contribution in [0.5, 0.6) is 0 Å². The van der Waals surface area contributed by atoms with Gasteiger partial charge in [-0.05, 0) is 24.6 Å². The van der Waals surface area contributed by atoms with Crippen molar-refractivity contribution in [2.24, 2.45) is 5.73 Å². The molecule has 1 amide bonds. The summed E-state index contributed by atoms with van der Waals surface area (Å²) in [6.45, 7) is 5.22. The molecule has 1 aromatic carbocycles. The summed E-state index contributed by atoms with van der Waals surface area (Å²) in [7, 11) is 0. The molecule has 5 heteroatoms. The molecule has 1 aliphatic rings. The Morgan fingerprint density at radius 3 is 2.61 bits per heavy atom. The summed E-state index contributed by atoms with van der Waals surface area (Å²) >= 11 is 6.13. The van der Waals surface area contributed by atoms with Crippen molar-refractivity contribution < 1.29 is 4.79 Å². The number of amides is 1. The molecule has 1 saturated heterocycles. The van der Waals surface area contributed by atoms with Gasteiger partial charge in [0.25, 0.3) is 0 Å². The zero-order chi connectivity index (χ0) is 13.1. The van der Waals surface area contributed by atoms with Gasteiger partial charge in [0.15, 0.2) is 0 Å². The fourth-order valence-electron chi connectivity index (χ4n) is 2.26. The zero-order valence-corrected chi connectivity index (χ0v) is 11.3. The molecule has 0 atom stereocenters. The molecule has 1 aliphatic heterocycles. The Kier molecular flexibility index (Phi) is 4.09. The third-order valence-corrected chi connectivity index (χ3v) is 3.80. The van der Waals surface area contributed by atoms with Crippen LogP contribution in [-0.4, -0.2) is 43.5 Å². The minimum absolute atomic E-state index is 0.0254. The predicted molar refractivity (Wildman–Crippen MR) is 74.0 cm³/mol. The average Bonchev–Trinajstić information content (AvgIpc) is 2.41. The van der Waals surface area contributed by atoms with Gasteiger partial charge in [0.2, 0.25) is 5.91 Å². The van der Waals surface area contributed by atoms with E-state index in [-0.39, 0.29) is 12.5 Å². The lowest BCUT2D eigenvalue weighted by Gasteiger charge is -2.36. The van der Waals surface area contributed by atoms with E-state index < -0.39 is 0 Å². The number of benzene rings is 1. The van der Waals surface area contributed by atoms with Gasteiger partial charge >= 0.3 is 0 Å². The normalized spacial score (nSPS) is 15.9. The molecule has 0 radical (unpaired) electrons. The number of hydrogen-bond acceptors (Lipinski definition) is 3. The smallest absolute Gasteiger partial charge is 0.236 e. The largest absolute Gasteiger partial charge is 0.368 e. The van der Waals surface area contributed by atoms with E-state index in [1.807, 2.05) is 24.0 Å². The van der Waals surface area contributed by atoms with Crippen molar-refractivity contribution in [3.05, 3.63) is 28.8 Å². The number of rotatable bonds is 2. The lowest BCUT2D eigenvalue weighted by Crippen LogP contribution is -2.50. The monoisotopic (exact) mass is 267 g/mol. The van der Waals surface area contributed by atoms with Crippen LogP contribution in [0.3, 0.4) is 0 Å². The van der Waals surface area contributed by atoms with Crippen LogP contribution in [0.25, 0.3) is 0 Å². The first kappa shape index (κ1) is 13.2. The summed E-state index contributed by atoms with van der Waals surface area (Å²) in [6.07, 6.45) is 0. The molecule has 4 nitrogen and oxygen atoms in total. The second-order valence-corrected chi connectivity index (χ2v) is 4.86. The molecule has 0 aliphatic carbocycles. The molecular formula is C13H18ClN3O. The number of hydrogen-bond donors (Lipinski definition) is 1. The highest BCUT2D eigenvalue weighted by Crippen LogP contribution is 2.27. The Morgan fingerprint density at radius 2 is 2.00 bits per heavy atom. The lowest BCUT2D eigenvalue weighted by molar-refractivity contribution is -0.129. The van der Waals surface area contributed by atoms with Gasteiger partial charge in [-0.1, -0.05) is 17.7 Å². The molecule has 2 rings (SSSR count). The van der Waals surface area contributed by atoms with Crippen molar-refractivity contribution in [1.29, 1.82) is 0 Å². The number of piperazine rings is 1. The number of carbonyl (C=O) groups is 1. The van der Waals surface area contributed by atoms with E-state index in [2.05, 4.69) is 11.0 Å². The topological polar surface area (TPSA) is 49.6 Å². The highest BCUT2D eigenvalue weighted by atomic mass is 35.5. The first-order valence-electron chi connectivity index (χ1n) is 6.11. The standard InChI is InChI=1S/C13H18ClN3O/c1-10-11(14)3-2-4-12(10)16-5-7-17(8-6-16)13(18)9-15/h2-4H,5-9,15H2,1H3. The highest BCUT2D eigenvalue weighted by molar-refractivity contribution is 6.31. The van der Waals surface area contributed by atoms with Gasteiger partial charge in [-0.2, -0.15) is 0 Å². The van der Waals surface area contributed by atoms with E-state index in [4.69, 9.17) is 17.3 Å². The number of nitrogens with zero attached hydrogens (tertiary/aromatic N) is 2. The fourth-order valence-corrected chi connectivity index (χ4v) is 2.43. The van der Waals surface area contributed by atoms with Gasteiger partial charge in [-0.15, -0.1) is 0 Å². The summed E-state index contributed by atoms with van der Waals surface area (Å²) in [5.74, 6) is 0.0254. The Hall–Kier alpha value is -1.26. The van der Waals surface area contributed by atoms with Crippen molar-refractivity contribution in [2.75, 3.05) is 37.6 Å². The SMILES string of the molecule is Cc1c(Cl)cccc1N1CCN(C(=O)CN)CC1. The number of nitrogens with two attached hydrogens (primary N) is 1. The van der Waals surface area contributed by atoms with Crippen LogP contribution < -0.4 is 10.6 Å². The number of carbonyl (C=O) groups excluding carboxylic acids is 1. The number of halogens is 1. The maximum atomic E-state index is 11.5. The molecule has 2 N–H and O–H groups in total. The molecular weight excluding hydrogens is 250 g/mol. The molecule has 0 saturated carbocycles. The van der Waals surface area contributed by atoms with E-state index >= 15 is 0 Å². The molecule has 18 heavy (non-hydrogen) atoms. The van der Waals surface area contributed by atoms with E-state index in [0.29, 0.717) is 0 Å². The summed E-state index contributed by atoms with van der Waals surface area (Å²) in [6, 6.07) is 5.93. The third kappa shape index (κ3) is 2.60. The van der Waals surface area contributed by atoms with Crippen molar-refractivity contribution in [1.82, 2.24) is 4.90 Å². The Bertz CT molecular complexity index is 442. The molecule has 0 spiro atoms. The minimum atomic E-state index is 0.0254. The summed E-state index contributed by atoms with van der Waals surface area (Å²) in [5.41, 5.74) is 7.62. The Labute approximate surface area is 112 Å². The molecule has 1 fully saturated rings. The van der Waals surface area contributed by atoms with Gasteiger partial charge in [-0.25, -0.2) is 0 Å². The molecule has 0 unspecified atom stereocenters. The summed E-state index contributed by atoms with van der Waals surface area (Å²) < 4.78 is 0.